The molecule has 1 aromatic carbocycles. The van der Waals surface area contributed by atoms with E-state index in [1.165, 1.54) is 18.1 Å². The predicted octanol–water partition coefficient (Wildman–Crippen LogP) is 0.916. The summed E-state index contributed by atoms with van der Waals surface area (Å²) in [4.78, 5) is 27.7. The molecular weight excluding hydrogens is 278 g/mol. The Morgan fingerprint density at radius 3 is 2.68 bits per heavy atom. The fourth-order valence-corrected chi connectivity index (χ4v) is 3.50. The third-order valence-corrected chi connectivity index (χ3v) is 4.50. The van der Waals surface area contributed by atoms with Crippen LogP contribution in [0.25, 0.3) is 0 Å². The molecule has 2 unspecified atom stereocenters. The lowest BCUT2D eigenvalue weighted by molar-refractivity contribution is -0.138. The van der Waals surface area contributed by atoms with Gasteiger partial charge in [0.25, 0.3) is 0 Å². The average Bonchev–Trinajstić information content (AvgIpc) is 2.83. The predicted molar refractivity (Wildman–Crippen MR) is 84.2 cm³/mol. The van der Waals surface area contributed by atoms with Crippen molar-refractivity contribution in [1.29, 1.82) is 0 Å². The maximum atomic E-state index is 12.3. The Morgan fingerprint density at radius 1 is 1.27 bits per heavy atom. The van der Waals surface area contributed by atoms with Crippen LogP contribution in [0, 0.1) is 6.92 Å². The number of hydrogen-bond donors (Lipinski definition) is 1. The van der Waals surface area contributed by atoms with Crippen LogP contribution in [-0.4, -0.2) is 53.3 Å². The van der Waals surface area contributed by atoms with Crippen LogP contribution >= 0.6 is 0 Å². The van der Waals surface area contributed by atoms with Crippen molar-refractivity contribution in [1.82, 2.24) is 15.1 Å². The van der Waals surface area contributed by atoms with Crippen molar-refractivity contribution in [2.24, 2.45) is 0 Å². The van der Waals surface area contributed by atoms with Gasteiger partial charge in [0.15, 0.2) is 0 Å². The topological polar surface area (TPSA) is 52.7 Å². The van der Waals surface area contributed by atoms with Crippen LogP contribution in [0.2, 0.25) is 0 Å². The Labute approximate surface area is 131 Å². The van der Waals surface area contributed by atoms with Gasteiger partial charge in [0.05, 0.1) is 6.54 Å². The molecule has 2 fully saturated rings. The number of fused-ring (bicyclic) bond motifs is 1. The van der Waals surface area contributed by atoms with Gasteiger partial charge in [-0.3, -0.25) is 14.5 Å². The molecule has 0 aliphatic carbocycles. The van der Waals surface area contributed by atoms with Crippen LogP contribution in [0.1, 0.15) is 24.5 Å². The molecule has 1 N–H and O–H groups in total. The molecule has 0 saturated carbocycles. The molecule has 2 atom stereocenters. The van der Waals surface area contributed by atoms with Crippen molar-refractivity contribution in [3.63, 3.8) is 0 Å². The number of piperazine rings is 1. The van der Waals surface area contributed by atoms with Crippen LogP contribution < -0.4 is 5.32 Å². The Hall–Kier alpha value is -1.88. The number of nitrogens with one attached hydrogen (secondary N) is 1. The van der Waals surface area contributed by atoms with E-state index in [-0.39, 0.29) is 23.9 Å². The van der Waals surface area contributed by atoms with Crippen LogP contribution in [0.5, 0.6) is 0 Å². The molecule has 2 amide bonds. The molecule has 2 heterocycles. The van der Waals surface area contributed by atoms with Gasteiger partial charge >= 0.3 is 0 Å². The molecule has 0 spiro atoms. The fourth-order valence-electron chi connectivity index (χ4n) is 3.50. The lowest BCUT2D eigenvalue weighted by Gasteiger charge is -2.36. The van der Waals surface area contributed by atoms with Gasteiger partial charge < -0.3 is 10.2 Å². The number of nitrogens with zero attached hydrogens (tertiary/aromatic N) is 2. The number of amides is 2. The molecular formula is C17H23N3O2. The zero-order valence-corrected chi connectivity index (χ0v) is 13.2. The van der Waals surface area contributed by atoms with Crippen molar-refractivity contribution < 1.29 is 9.59 Å². The molecule has 1 aromatic rings. The lowest BCUT2D eigenvalue weighted by atomic mass is 10.1. The average molecular weight is 301 g/mol. The molecule has 0 radical (unpaired) electrons. The summed E-state index contributed by atoms with van der Waals surface area (Å²) in [6, 6.07) is 8.79. The van der Waals surface area contributed by atoms with Gasteiger partial charge in [-0.25, -0.2) is 0 Å². The molecule has 0 bridgehead atoms. The highest BCUT2D eigenvalue weighted by Crippen LogP contribution is 2.24. The molecule has 2 aliphatic rings. The number of rotatable bonds is 3. The molecule has 5 nitrogen and oxygen atoms in total. The first-order valence-corrected chi connectivity index (χ1v) is 7.86. The smallest absolute Gasteiger partial charge is 0.237 e. The monoisotopic (exact) mass is 301 g/mol. The van der Waals surface area contributed by atoms with Crippen LogP contribution in [0.4, 0.5) is 0 Å². The number of hydrogen-bond acceptors (Lipinski definition) is 3. The number of aryl methyl sites for hydroxylation is 1. The highest BCUT2D eigenvalue weighted by Gasteiger charge is 2.40. The minimum absolute atomic E-state index is 0.0196. The van der Waals surface area contributed by atoms with E-state index >= 15 is 0 Å². The van der Waals surface area contributed by atoms with E-state index in [9.17, 15) is 9.59 Å². The van der Waals surface area contributed by atoms with Gasteiger partial charge in [0.2, 0.25) is 11.8 Å². The quantitative estimate of drug-likeness (QED) is 0.903. The SMILES string of the molecule is CC(=O)NC1CC2CN(Cc3ccc(C)cc3)CC(=O)N2C1. The Bertz CT molecular complexity index is 570. The zero-order valence-electron chi connectivity index (χ0n) is 13.2. The summed E-state index contributed by atoms with van der Waals surface area (Å²) in [7, 11) is 0. The van der Waals surface area contributed by atoms with E-state index < -0.39 is 0 Å². The highest BCUT2D eigenvalue weighted by molar-refractivity contribution is 5.80. The van der Waals surface area contributed by atoms with Crippen LogP contribution in [0.3, 0.4) is 0 Å². The third-order valence-electron chi connectivity index (χ3n) is 4.50. The highest BCUT2D eigenvalue weighted by atomic mass is 16.2. The summed E-state index contributed by atoms with van der Waals surface area (Å²) in [6.45, 7) is 6.42. The van der Waals surface area contributed by atoms with E-state index in [0.29, 0.717) is 13.1 Å². The second-order valence-corrected chi connectivity index (χ2v) is 6.49. The van der Waals surface area contributed by atoms with Gasteiger partial charge in [-0.05, 0) is 18.9 Å². The van der Waals surface area contributed by atoms with Gasteiger partial charge in [-0.1, -0.05) is 29.8 Å². The number of carbonyl (C=O) groups excluding carboxylic acids is 2. The summed E-state index contributed by atoms with van der Waals surface area (Å²) >= 11 is 0. The Morgan fingerprint density at radius 2 is 2.00 bits per heavy atom. The summed E-state index contributed by atoms with van der Waals surface area (Å²) in [5, 5.41) is 2.94. The van der Waals surface area contributed by atoms with Gasteiger partial charge in [-0.15, -0.1) is 0 Å². The van der Waals surface area contributed by atoms with Crippen molar-refractivity contribution in [2.45, 2.75) is 38.9 Å². The standard InChI is InChI=1S/C17H23N3O2/c1-12-3-5-14(6-4-12)8-19-10-16-7-15(18-13(2)21)9-20(16)17(22)11-19/h3-6,15-16H,7-11H2,1-2H3,(H,18,21). The lowest BCUT2D eigenvalue weighted by Crippen LogP contribution is -2.53. The van der Waals surface area contributed by atoms with Crippen LogP contribution in [-0.2, 0) is 16.1 Å². The maximum absolute atomic E-state index is 12.3. The molecule has 2 saturated heterocycles. The van der Waals surface area contributed by atoms with Crippen molar-refractivity contribution >= 4 is 11.8 Å². The summed E-state index contributed by atoms with van der Waals surface area (Å²) in [6.07, 6.45) is 0.857. The minimum atomic E-state index is -0.0196. The van der Waals surface area contributed by atoms with E-state index in [1.54, 1.807) is 0 Å². The number of benzene rings is 1. The van der Waals surface area contributed by atoms with Crippen LogP contribution in [0.15, 0.2) is 24.3 Å². The van der Waals surface area contributed by atoms with Gasteiger partial charge in [0.1, 0.15) is 0 Å². The second kappa shape index (κ2) is 6.08. The van der Waals surface area contributed by atoms with Crippen molar-refractivity contribution in [3.05, 3.63) is 35.4 Å². The summed E-state index contributed by atoms with van der Waals surface area (Å²) in [5.41, 5.74) is 2.49. The van der Waals surface area contributed by atoms with E-state index in [2.05, 4.69) is 41.4 Å². The largest absolute Gasteiger partial charge is 0.352 e. The molecule has 22 heavy (non-hydrogen) atoms. The Balaban J connectivity index is 1.62. The summed E-state index contributed by atoms with van der Waals surface area (Å²) in [5.74, 6) is 0.157. The maximum Gasteiger partial charge on any atom is 0.237 e. The van der Waals surface area contributed by atoms with Gasteiger partial charge in [-0.2, -0.15) is 0 Å². The first-order valence-electron chi connectivity index (χ1n) is 7.86. The Kier molecular flexibility index (Phi) is 4.16. The van der Waals surface area contributed by atoms with Crippen molar-refractivity contribution in [2.75, 3.05) is 19.6 Å². The first kappa shape index (κ1) is 15.0. The normalized spacial score (nSPS) is 25.2. The molecule has 0 aromatic heterocycles. The molecule has 5 heteroatoms. The second-order valence-electron chi connectivity index (χ2n) is 6.49. The van der Waals surface area contributed by atoms with E-state index in [4.69, 9.17) is 0 Å². The minimum Gasteiger partial charge on any atom is -0.352 e. The molecule has 118 valence electrons. The van der Waals surface area contributed by atoms with E-state index in [1.807, 2.05) is 4.90 Å². The van der Waals surface area contributed by atoms with Crippen molar-refractivity contribution in [3.8, 4) is 0 Å². The third kappa shape index (κ3) is 3.30. The van der Waals surface area contributed by atoms with Gasteiger partial charge in [0, 0.05) is 38.6 Å². The summed E-state index contributed by atoms with van der Waals surface area (Å²) < 4.78 is 0. The first-order chi connectivity index (χ1) is 10.5. The number of carbonyl (C=O) groups is 2. The van der Waals surface area contributed by atoms with E-state index in [0.717, 1.165) is 19.5 Å². The molecule has 3 rings (SSSR count). The fraction of sp³-hybridized carbons (Fsp3) is 0.529. The molecule has 2 aliphatic heterocycles. The zero-order chi connectivity index (χ0) is 15.7.